The predicted octanol–water partition coefficient (Wildman–Crippen LogP) is 4.67. The molecule has 2 aromatic carbocycles. The topological polar surface area (TPSA) is 82.8 Å². The molecule has 2 amide bonds. The highest BCUT2D eigenvalue weighted by atomic mass is 32.1. The van der Waals surface area contributed by atoms with Gasteiger partial charge in [-0.3, -0.25) is 14.5 Å². The van der Waals surface area contributed by atoms with Crippen molar-refractivity contribution in [2.24, 2.45) is 5.73 Å². The molecule has 2 N–H and O–H groups in total. The summed E-state index contributed by atoms with van der Waals surface area (Å²) in [7, 11) is 0. The second kappa shape index (κ2) is 11.6. The Bertz CT molecular complexity index is 1190. The van der Waals surface area contributed by atoms with Crippen molar-refractivity contribution in [3.63, 3.8) is 0 Å². The lowest BCUT2D eigenvalue weighted by Crippen LogP contribution is -2.44. The second-order valence-electron chi connectivity index (χ2n) is 8.80. The fraction of sp³-hybridized carbons (Fsp3) is 0.370. The summed E-state index contributed by atoms with van der Waals surface area (Å²) in [4.78, 5) is 35.8. The van der Waals surface area contributed by atoms with Gasteiger partial charge in [-0.2, -0.15) is 0 Å². The molecule has 1 aliphatic heterocycles. The molecule has 0 saturated carbocycles. The zero-order chi connectivity index (χ0) is 25.7. The number of benzene rings is 2. The lowest BCUT2D eigenvalue weighted by molar-refractivity contribution is 0.0773. The number of primary amides is 1. The van der Waals surface area contributed by atoms with Gasteiger partial charge in [-0.1, -0.05) is 18.2 Å². The summed E-state index contributed by atoms with van der Waals surface area (Å²) >= 11 is 1.64. The summed E-state index contributed by atoms with van der Waals surface area (Å²) in [6, 6.07) is 11.9. The number of carbonyl (C=O) groups is 2. The minimum Gasteiger partial charge on any atom is -0.366 e. The number of piperidine rings is 1. The van der Waals surface area contributed by atoms with Crippen molar-refractivity contribution in [2.75, 3.05) is 31.1 Å². The number of para-hydroxylation sites is 1. The number of amides is 2. The van der Waals surface area contributed by atoms with E-state index in [9.17, 15) is 9.59 Å². The zero-order valence-corrected chi connectivity index (χ0v) is 21.5. The fourth-order valence-corrected chi connectivity index (χ4v) is 5.48. The van der Waals surface area contributed by atoms with E-state index in [1.807, 2.05) is 48.5 Å². The maximum atomic E-state index is 15.7. The molecular weight excluding hydrogens is 477 g/mol. The van der Waals surface area contributed by atoms with E-state index in [0.29, 0.717) is 24.3 Å². The first-order valence-electron chi connectivity index (χ1n) is 12.3. The number of nitrogens with zero attached hydrogens (tertiary/aromatic N) is 4. The van der Waals surface area contributed by atoms with Crippen molar-refractivity contribution >= 4 is 34.5 Å². The first-order chi connectivity index (χ1) is 17.4. The minimum absolute atomic E-state index is 0.0687. The third-order valence-corrected chi connectivity index (χ3v) is 7.48. The van der Waals surface area contributed by atoms with E-state index in [-0.39, 0.29) is 23.2 Å². The van der Waals surface area contributed by atoms with Gasteiger partial charge in [0.05, 0.1) is 29.0 Å². The standard InChI is InChI=1S/C27H32FN5O2S/c1-3-32(4-2)27(35)20-8-5-6-10-22(20)33(23-11-7-9-21(25(23)28)26(29)34)19-12-15-31(16-13-19)18-24-30-14-17-36-24/h5-11,14,17,19H,3-4,12-13,15-16,18H2,1-2H3,(H2,29,34). The molecule has 0 spiro atoms. The molecule has 1 fully saturated rings. The summed E-state index contributed by atoms with van der Waals surface area (Å²) in [6.45, 7) is 7.43. The Hall–Kier alpha value is -3.30. The summed E-state index contributed by atoms with van der Waals surface area (Å²) in [5.74, 6) is -1.59. The molecule has 0 aliphatic carbocycles. The molecule has 1 aromatic heterocycles. The normalized spacial score (nSPS) is 14.5. The smallest absolute Gasteiger partial charge is 0.255 e. The van der Waals surface area contributed by atoms with Gasteiger partial charge >= 0.3 is 0 Å². The van der Waals surface area contributed by atoms with Crippen LogP contribution in [-0.4, -0.2) is 58.8 Å². The Morgan fingerprint density at radius 2 is 1.72 bits per heavy atom. The molecule has 36 heavy (non-hydrogen) atoms. The van der Waals surface area contributed by atoms with Crippen molar-refractivity contribution in [3.8, 4) is 0 Å². The van der Waals surface area contributed by atoms with Gasteiger partial charge in [-0.25, -0.2) is 9.37 Å². The lowest BCUT2D eigenvalue weighted by Gasteiger charge is -2.40. The van der Waals surface area contributed by atoms with Crippen molar-refractivity contribution < 1.29 is 14.0 Å². The molecular formula is C27H32FN5O2S. The third kappa shape index (κ3) is 5.42. The van der Waals surface area contributed by atoms with E-state index in [0.717, 1.165) is 37.5 Å². The van der Waals surface area contributed by atoms with E-state index < -0.39 is 11.7 Å². The van der Waals surface area contributed by atoms with Crippen LogP contribution in [0.25, 0.3) is 0 Å². The molecule has 190 valence electrons. The van der Waals surface area contributed by atoms with E-state index in [1.54, 1.807) is 34.4 Å². The Kier molecular flexibility index (Phi) is 8.32. The monoisotopic (exact) mass is 509 g/mol. The number of hydrogen-bond acceptors (Lipinski definition) is 6. The Morgan fingerprint density at radius 1 is 1.06 bits per heavy atom. The molecule has 4 rings (SSSR count). The number of halogens is 1. The van der Waals surface area contributed by atoms with Crippen LogP contribution in [0.3, 0.4) is 0 Å². The van der Waals surface area contributed by atoms with Gasteiger partial charge in [-0.15, -0.1) is 11.3 Å². The SMILES string of the molecule is CCN(CC)C(=O)c1ccccc1N(c1cccc(C(N)=O)c1F)C1CCN(Cc2nccs2)CC1. The largest absolute Gasteiger partial charge is 0.366 e. The summed E-state index contributed by atoms with van der Waals surface area (Å²) in [5.41, 5.74) is 6.70. The minimum atomic E-state index is -0.819. The maximum absolute atomic E-state index is 15.7. The predicted molar refractivity (Wildman–Crippen MR) is 141 cm³/mol. The number of hydrogen-bond donors (Lipinski definition) is 1. The highest BCUT2D eigenvalue weighted by Crippen LogP contribution is 2.37. The van der Waals surface area contributed by atoms with E-state index in [4.69, 9.17) is 5.73 Å². The van der Waals surface area contributed by atoms with Crippen LogP contribution in [0.4, 0.5) is 15.8 Å². The highest BCUT2D eigenvalue weighted by molar-refractivity contribution is 7.09. The fourth-order valence-electron chi connectivity index (χ4n) is 4.82. The van der Waals surface area contributed by atoms with Crippen LogP contribution < -0.4 is 10.6 Å². The van der Waals surface area contributed by atoms with E-state index in [1.165, 1.54) is 6.07 Å². The Balaban J connectivity index is 1.73. The third-order valence-electron chi connectivity index (χ3n) is 6.71. The van der Waals surface area contributed by atoms with Gasteiger partial charge in [0, 0.05) is 43.8 Å². The number of aromatic nitrogens is 1. The van der Waals surface area contributed by atoms with Crippen LogP contribution in [0.5, 0.6) is 0 Å². The molecule has 1 aliphatic rings. The van der Waals surface area contributed by atoms with Crippen LogP contribution >= 0.6 is 11.3 Å². The highest BCUT2D eigenvalue weighted by Gasteiger charge is 2.32. The number of nitrogens with two attached hydrogens (primary N) is 1. The average molecular weight is 510 g/mol. The van der Waals surface area contributed by atoms with Gasteiger partial charge < -0.3 is 15.5 Å². The van der Waals surface area contributed by atoms with Crippen molar-refractivity contribution in [1.29, 1.82) is 0 Å². The van der Waals surface area contributed by atoms with Crippen LogP contribution in [0.2, 0.25) is 0 Å². The number of anilines is 2. The Morgan fingerprint density at radius 3 is 2.36 bits per heavy atom. The quantitative estimate of drug-likeness (QED) is 0.453. The van der Waals surface area contributed by atoms with E-state index in [2.05, 4.69) is 9.88 Å². The number of likely N-dealkylation sites (tertiary alicyclic amines) is 1. The number of carbonyl (C=O) groups excluding carboxylic acids is 2. The molecule has 7 nitrogen and oxygen atoms in total. The molecule has 9 heteroatoms. The summed E-state index contributed by atoms with van der Waals surface area (Å²) < 4.78 is 15.7. The zero-order valence-electron chi connectivity index (χ0n) is 20.7. The lowest BCUT2D eigenvalue weighted by atomic mass is 9.98. The average Bonchev–Trinajstić information content (AvgIpc) is 3.40. The van der Waals surface area contributed by atoms with Crippen LogP contribution in [-0.2, 0) is 6.54 Å². The number of thiazole rings is 1. The molecule has 3 aromatic rings. The van der Waals surface area contributed by atoms with Gasteiger partial charge in [0.2, 0.25) is 0 Å². The van der Waals surface area contributed by atoms with Gasteiger partial charge in [0.1, 0.15) is 5.01 Å². The maximum Gasteiger partial charge on any atom is 0.255 e. The Labute approximate surface area is 215 Å². The molecule has 0 atom stereocenters. The van der Waals surface area contributed by atoms with Crippen LogP contribution in [0.15, 0.2) is 54.0 Å². The van der Waals surface area contributed by atoms with Crippen LogP contribution in [0.1, 0.15) is 52.4 Å². The molecule has 2 heterocycles. The molecule has 0 radical (unpaired) electrons. The number of rotatable bonds is 9. The van der Waals surface area contributed by atoms with Gasteiger partial charge in [-0.05, 0) is 51.0 Å². The van der Waals surface area contributed by atoms with Gasteiger partial charge in [0.25, 0.3) is 11.8 Å². The van der Waals surface area contributed by atoms with Crippen molar-refractivity contribution in [2.45, 2.75) is 39.3 Å². The van der Waals surface area contributed by atoms with E-state index >= 15 is 4.39 Å². The molecule has 0 unspecified atom stereocenters. The molecule has 1 saturated heterocycles. The van der Waals surface area contributed by atoms with Gasteiger partial charge in [0.15, 0.2) is 5.82 Å². The first kappa shape index (κ1) is 25.8. The second-order valence-corrected chi connectivity index (χ2v) is 9.78. The van der Waals surface area contributed by atoms with Crippen molar-refractivity contribution in [1.82, 2.24) is 14.8 Å². The first-order valence-corrected chi connectivity index (χ1v) is 13.2. The molecule has 0 bridgehead atoms. The summed E-state index contributed by atoms with van der Waals surface area (Å²) in [6.07, 6.45) is 3.34. The summed E-state index contributed by atoms with van der Waals surface area (Å²) in [5, 5.41) is 3.04. The van der Waals surface area contributed by atoms with Crippen molar-refractivity contribution in [3.05, 3.63) is 76.0 Å². The van der Waals surface area contributed by atoms with Crippen LogP contribution in [0, 0.1) is 5.82 Å².